The number of hydrogen-bond donors (Lipinski definition) is 4. The molecule has 0 aromatic heterocycles. The summed E-state index contributed by atoms with van der Waals surface area (Å²) < 4.78 is 10.1. The van der Waals surface area contributed by atoms with Gasteiger partial charge in [0.15, 0.2) is 12.4 Å². The van der Waals surface area contributed by atoms with Crippen molar-refractivity contribution in [3.05, 3.63) is 0 Å². The molecule has 6 nitrogen and oxygen atoms in total. The molecule has 0 amide bonds. The van der Waals surface area contributed by atoms with E-state index >= 15 is 0 Å². The third kappa shape index (κ3) is 3.30. The lowest BCUT2D eigenvalue weighted by Crippen LogP contribution is -2.58. The van der Waals surface area contributed by atoms with Crippen molar-refractivity contribution in [3.63, 3.8) is 0 Å². The van der Waals surface area contributed by atoms with Crippen molar-refractivity contribution in [1.82, 2.24) is 0 Å². The highest BCUT2D eigenvalue weighted by Crippen LogP contribution is 2.25. The summed E-state index contributed by atoms with van der Waals surface area (Å²) in [6.07, 6.45) is -4.98. The smallest absolute Gasteiger partial charge is 0.185 e. The standard InChI is InChI=1S/C9H18O6S/c1-2-3-16-15-8-7(12)6(11)5(4-10)14-9(8)13/h5-13H,2-4H2,1H3/t5-,6+,7+,8-,9?/m1/s1. The second-order valence-corrected chi connectivity index (χ2v) is 4.45. The van der Waals surface area contributed by atoms with Gasteiger partial charge >= 0.3 is 0 Å². The summed E-state index contributed by atoms with van der Waals surface area (Å²) in [7, 11) is 0. The first-order valence-corrected chi connectivity index (χ1v) is 6.11. The zero-order chi connectivity index (χ0) is 12.1. The molecule has 1 rings (SSSR count). The maximum absolute atomic E-state index is 9.67. The van der Waals surface area contributed by atoms with Gasteiger partial charge in [0.05, 0.1) is 6.61 Å². The Labute approximate surface area is 98.4 Å². The highest BCUT2D eigenvalue weighted by Gasteiger charge is 2.44. The van der Waals surface area contributed by atoms with Gasteiger partial charge in [0.2, 0.25) is 0 Å². The zero-order valence-corrected chi connectivity index (χ0v) is 9.84. The van der Waals surface area contributed by atoms with Gasteiger partial charge in [0, 0.05) is 5.75 Å². The lowest BCUT2D eigenvalue weighted by atomic mass is 9.99. The molecule has 0 bridgehead atoms. The van der Waals surface area contributed by atoms with E-state index in [0.717, 1.165) is 24.2 Å². The van der Waals surface area contributed by atoms with Crippen molar-refractivity contribution in [2.45, 2.75) is 44.1 Å². The van der Waals surface area contributed by atoms with Gasteiger partial charge in [-0.25, -0.2) is 0 Å². The first-order chi connectivity index (χ1) is 7.61. The molecule has 1 aliphatic heterocycles. The molecule has 4 N–H and O–H groups in total. The summed E-state index contributed by atoms with van der Waals surface area (Å²) in [5.41, 5.74) is 0. The number of hydrogen-bond acceptors (Lipinski definition) is 7. The Morgan fingerprint density at radius 1 is 1.25 bits per heavy atom. The second kappa shape index (κ2) is 6.75. The molecule has 0 aromatic rings. The van der Waals surface area contributed by atoms with E-state index in [9.17, 15) is 15.3 Å². The molecule has 1 saturated heterocycles. The molecule has 0 saturated carbocycles. The van der Waals surface area contributed by atoms with Crippen LogP contribution in [0.15, 0.2) is 0 Å². The second-order valence-electron chi connectivity index (χ2n) is 3.61. The molecule has 1 fully saturated rings. The Bertz CT molecular complexity index is 204. The Morgan fingerprint density at radius 3 is 2.50 bits per heavy atom. The quantitative estimate of drug-likeness (QED) is 0.363. The van der Waals surface area contributed by atoms with Crippen molar-refractivity contribution in [1.29, 1.82) is 0 Å². The molecule has 1 aliphatic rings. The van der Waals surface area contributed by atoms with Crippen LogP contribution < -0.4 is 0 Å². The van der Waals surface area contributed by atoms with Crippen molar-refractivity contribution in [2.75, 3.05) is 12.4 Å². The molecular formula is C9H18O6S. The van der Waals surface area contributed by atoms with Gasteiger partial charge in [0.25, 0.3) is 0 Å². The van der Waals surface area contributed by atoms with E-state index in [2.05, 4.69) is 0 Å². The van der Waals surface area contributed by atoms with Crippen LogP contribution in [0.3, 0.4) is 0 Å². The third-order valence-electron chi connectivity index (χ3n) is 2.31. The monoisotopic (exact) mass is 254 g/mol. The molecule has 5 atom stereocenters. The largest absolute Gasteiger partial charge is 0.394 e. The van der Waals surface area contributed by atoms with E-state index in [1.165, 1.54) is 0 Å². The van der Waals surface area contributed by atoms with Crippen molar-refractivity contribution in [3.8, 4) is 0 Å². The predicted octanol–water partition coefficient (Wildman–Crippen LogP) is -1.14. The first-order valence-electron chi connectivity index (χ1n) is 5.20. The van der Waals surface area contributed by atoms with Crippen LogP contribution in [0.2, 0.25) is 0 Å². The van der Waals surface area contributed by atoms with Crippen LogP contribution in [0, 0.1) is 0 Å². The van der Waals surface area contributed by atoms with Gasteiger partial charge in [0.1, 0.15) is 18.3 Å². The molecule has 0 aliphatic carbocycles. The van der Waals surface area contributed by atoms with Crippen LogP contribution in [0.1, 0.15) is 13.3 Å². The topological polar surface area (TPSA) is 99.4 Å². The van der Waals surface area contributed by atoms with Crippen molar-refractivity contribution in [2.24, 2.45) is 0 Å². The van der Waals surface area contributed by atoms with Crippen LogP contribution in [0.25, 0.3) is 0 Å². The number of aliphatic hydroxyl groups is 4. The average Bonchev–Trinajstić information content (AvgIpc) is 2.28. The van der Waals surface area contributed by atoms with Gasteiger partial charge in [-0.05, 0) is 18.5 Å². The molecule has 0 radical (unpaired) electrons. The van der Waals surface area contributed by atoms with Crippen LogP contribution in [0.4, 0.5) is 0 Å². The Hall–Kier alpha value is 0.110. The lowest BCUT2D eigenvalue weighted by Gasteiger charge is -2.39. The van der Waals surface area contributed by atoms with Crippen LogP contribution in [0.5, 0.6) is 0 Å². The zero-order valence-electron chi connectivity index (χ0n) is 9.02. The van der Waals surface area contributed by atoms with E-state index < -0.39 is 37.3 Å². The van der Waals surface area contributed by atoms with Gasteiger partial charge in [-0.2, -0.15) is 0 Å². The molecule has 96 valence electrons. The van der Waals surface area contributed by atoms with Crippen LogP contribution >= 0.6 is 12.0 Å². The molecule has 1 heterocycles. The number of rotatable bonds is 5. The maximum atomic E-state index is 9.67. The summed E-state index contributed by atoms with van der Waals surface area (Å²) in [6, 6.07) is 0. The lowest BCUT2D eigenvalue weighted by molar-refractivity contribution is -0.278. The Kier molecular flexibility index (Phi) is 5.98. The van der Waals surface area contributed by atoms with Gasteiger partial charge < -0.3 is 29.3 Å². The van der Waals surface area contributed by atoms with Gasteiger partial charge in [-0.3, -0.25) is 0 Å². The fourth-order valence-corrected chi connectivity index (χ4v) is 2.01. The molecule has 0 spiro atoms. The fourth-order valence-electron chi connectivity index (χ4n) is 1.39. The minimum absolute atomic E-state index is 0.468. The summed E-state index contributed by atoms with van der Waals surface area (Å²) in [5.74, 6) is 0.718. The van der Waals surface area contributed by atoms with Crippen LogP contribution in [-0.4, -0.2) is 63.5 Å². The van der Waals surface area contributed by atoms with E-state index in [4.69, 9.17) is 14.0 Å². The highest BCUT2D eigenvalue weighted by molar-refractivity contribution is 7.94. The third-order valence-corrected chi connectivity index (χ3v) is 3.24. The minimum atomic E-state index is -1.35. The highest BCUT2D eigenvalue weighted by atomic mass is 32.2. The van der Waals surface area contributed by atoms with E-state index in [0.29, 0.717) is 0 Å². The SMILES string of the molecule is CCCSO[C@H]1C(O)O[C@H](CO)[C@H](O)[C@@H]1O. The molecule has 16 heavy (non-hydrogen) atoms. The van der Waals surface area contributed by atoms with E-state index in [-0.39, 0.29) is 0 Å². The van der Waals surface area contributed by atoms with Crippen LogP contribution in [-0.2, 0) is 8.92 Å². The summed E-state index contributed by atoms with van der Waals surface area (Å²) in [4.78, 5) is 0. The van der Waals surface area contributed by atoms with Gasteiger partial charge in [-0.1, -0.05) is 6.92 Å². The minimum Gasteiger partial charge on any atom is -0.394 e. The predicted molar refractivity (Wildman–Crippen MR) is 57.6 cm³/mol. The Morgan fingerprint density at radius 2 is 1.94 bits per heavy atom. The number of aliphatic hydroxyl groups excluding tert-OH is 4. The summed E-state index contributed by atoms with van der Waals surface area (Å²) in [5, 5.41) is 37.6. The molecule has 7 heteroatoms. The summed E-state index contributed by atoms with van der Waals surface area (Å²) >= 11 is 1.10. The molecule has 1 unspecified atom stereocenters. The van der Waals surface area contributed by atoms with Gasteiger partial charge in [-0.15, -0.1) is 0 Å². The molecule has 0 aromatic carbocycles. The van der Waals surface area contributed by atoms with Crippen molar-refractivity contribution < 1.29 is 29.3 Å². The maximum Gasteiger partial charge on any atom is 0.185 e. The molecular weight excluding hydrogens is 236 g/mol. The van der Waals surface area contributed by atoms with Crippen molar-refractivity contribution >= 4 is 12.0 Å². The Balaban J connectivity index is 2.50. The fraction of sp³-hybridized carbons (Fsp3) is 1.00. The summed E-state index contributed by atoms with van der Waals surface area (Å²) in [6.45, 7) is 1.50. The van der Waals surface area contributed by atoms with E-state index in [1.54, 1.807) is 0 Å². The first kappa shape index (κ1) is 14.2. The average molecular weight is 254 g/mol. The van der Waals surface area contributed by atoms with E-state index in [1.807, 2.05) is 6.92 Å². The number of ether oxygens (including phenoxy) is 1. The normalized spacial score (nSPS) is 39.9.